The summed E-state index contributed by atoms with van der Waals surface area (Å²) in [6, 6.07) is 0.394. The molecule has 0 aliphatic carbocycles. The van der Waals surface area contributed by atoms with Gasteiger partial charge in [0.2, 0.25) is 5.91 Å². The minimum atomic E-state index is -0.590. The summed E-state index contributed by atoms with van der Waals surface area (Å²) in [5, 5.41) is 3.25. The van der Waals surface area contributed by atoms with Crippen molar-refractivity contribution in [3.05, 3.63) is 0 Å². The first-order chi connectivity index (χ1) is 8.92. The van der Waals surface area contributed by atoms with Crippen LogP contribution in [0.4, 0.5) is 0 Å². The van der Waals surface area contributed by atoms with Crippen LogP contribution >= 0.6 is 0 Å². The highest BCUT2D eigenvalue weighted by molar-refractivity contribution is 5.84. The molecule has 1 heterocycles. The van der Waals surface area contributed by atoms with Gasteiger partial charge in [0.15, 0.2) is 0 Å². The van der Waals surface area contributed by atoms with E-state index in [9.17, 15) is 4.79 Å². The Morgan fingerprint density at radius 3 is 2.74 bits per heavy atom. The van der Waals surface area contributed by atoms with Gasteiger partial charge in [0.1, 0.15) is 0 Å². The lowest BCUT2D eigenvalue weighted by molar-refractivity contribution is -0.124. The van der Waals surface area contributed by atoms with Crippen LogP contribution in [-0.2, 0) is 4.79 Å². The lowest BCUT2D eigenvalue weighted by Crippen LogP contribution is -2.57. The largest absolute Gasteiger partial charge is 0.368 e. The fourth-order valence-electron chi connectivity index (χ4n) is 3.20. The molecule has 0 aromatic rings. The van der Waals surface area contributed by atoms with Crippen molar-refractivity contribution in [3.8, 4) is 0 Å². The van der Waals surface area contributed by atoms with E-state index in [4.69, 9.17) is 5.73 Å². The van der Waals surface area contributed by atoms with Gasteiger partial charge in [-0.3, -0.25) is 4.79 Å². The highest BCUT2D eigenvalue weighted by Crippen LogP contribution is 2.24. The van der Waals surface area contributed by atoms with Crippen LogP contribution in [0.1, 0.15) is 53.4 Å². The summed E-state index contributed by atoms with van der Waals surface area (Å²) in [5.41, 5.74) is 4.98. The molecule has 4 heteroatoms. The van der Waals surface area contributed by atoms with Crippen molar-refractivity contribution >= 4 is 5.91 Å². The summed E-state index contributed by atoms with van der Waals surface area (Å²) < 4.78 is 0. The zero-order valence-corrected chi connectivity index (χ0v) is 13.0. The van der Waals surface area contributed by atoms with E-state index in [0.717, 1.165) is 25.4 Å². The van der Waals surface area contributed by atoms with Crippen LogP contribution in [0.3, 0.4) is 0 Å². The van der Waals surface area contributed by atoms with Crippen LogP contribution in [-0.4, -0.2) is 42.0 Å². The molecule has 3 unspecified atom stereocenters. The van der Waals surface area contributed by atoms with Crippen molar-refractivity contribution in [3.63, 3.8) is 0 Å². The van der Waals surface area contributed by atoms with Crippen molar-refractivity contribution in [1.82, 2.24) is 10.2 Å². The van der Waals surface area contributed by atoms with Crippen LogP contribution in [0.15, 0.2) is 0 Å². The second-order valence-electron chi connectivity index (χ2n) is 6.19. The van der Waals surface area contributed by atoms with E-state index in [1.807, 2.05) is 13.8 Å². The molecule has 4 nitrogen and oxygen atoms in total. The van der Waals surface area contributed by atoms with Crippen molar-refractivity contribution < 1.29 is 4.79 Å². The predicted octanol–water partition coefficient (Wildman–Crippen LogP) is 1.74. The second-order valence-corrected chi connectivity index (χ2v) is 6.19. The molecule has 1 rings (SSSR count). The third-order valence-corrected chi connectivity index (χ3v) is 4.57. The Bertz CT molecular complexity index is 295. The first kappa shape index (κ1) is 16.4. The topological polar surface area (TPSA) is 58.4 Å². The van der Waals surface area contributed by atoms with E-state index in [2.05, 4.69) is 24.1 Å². The minimum Gasteiger partial charge on any atom is -0.368 e. The van der Waals surface area contributed by atoms with Gasteiger partial charge in [0.25, 0.3) is 0 Å². The Labute approximate surface area is 118 Å². The first-order valence-corrected chi connectivity index (χ1v) is 7.72. The van der Waals surface area contributed by atoms with Crippen LogP contribution in [0, 0.1) is 5.92 Å². The smallest absolute Gasteiger partial charge is 0.237 e. The van der Waals surface area contributed by atoms with E-state index >= 15 is 0 Å². The number of nitrogens with two attached hydrogens (primary N) is 1. The molecule has 0 spiro atoms. The molecule has 0 aromatic heterocycles. The molecule has 112 valence electrons. The van der Waals surface area contributed by atoms with Gasteiger partial charge in [-0.25, -0.2) is 0 Å². The first-order valence-electron chi connectivity index (χ1n) is 7.72. The number of hydrogen-bond acceptors (Lipinski definition) is 3. The van der Waals surface area contributed by atoms with E-state index < -0.39 is 5.54 Å². The van der Waals surface area contributed by atoms with E-state index in [1.165, 1.54) is 25.8 Å². The number of carbonyl (C=O) groups excluding carboxylic acids is 1. The van der Waals surface area contributed by atoms with Crippen LogP contribution in [0.5, 0.6) is 0 Å². The number of rotatable bonds is 7. The van der Waals surface area contributed by atoms with Crippen LogP contribution in [0.25, 0.3) is 0 Å². The summed E-state index contributed by atoms with van der Waals surface area (Å²) in [4.78, 5) is 14.2. The molecular weight excluding hydrogens is 238 g/mol. The Hall–Kier alpha value is -0.610. The van der Waals surface area contributed by atoms with Crippen LogP contribution in [0.2, 0.25) is 0 Å². The van der Waals surface area contributed by atoms with Crippen molar-refractivity contribution in [2.75, 3.05) is 19.6 Å². The summed E-state index contributed by atoms with van der Waals surface area (Å²) >= 11 is 0. The maximum Gasteiger partial charge on any atom is 0.237 e. The van der Waals surface area contributed by atoms with Gasteiger partial charge in [-0.1, -0.05) is 20.3 Å². The lowest BCUT2D eigenvalue weighted by Gasteiger charge is -2.40. The van der Waals surface area contributed by atoms with Crippen molar-refractivity contribution in [2.45, 2.75) is 65.0 Å². The molecule has 1 amide bonds. The zero-order chi connectivity index (χ0) is 14.5. The minimum absolute atomic E-state index is 0.245. The standard InChI is InChI=1S/C15H31N3O/c1-5-13-8-7-9-18(11-13)12(3)10-15(4,14(16)19)17-6-2/h12-13,17H,5-11H2,1-4H3,(H2,16,19). The molecular formula is C15H31N3O. The summed E-state index contributed by atoms with van der Waals surface area (Å²) in [6.07, 6.45) is 4.66. The predicted molar refractivity (Wildman–Crippen MR) is 79.9 cm³/mol. The summed E-state index contributed by atoms with van der Waals surface area (Å²) in [7, 11) is 0. The van der Waals surface area contributed by atoms with E-state index in [-0.39, 0.29) is 5.91 Å². The molecule has 1 fully saturated rings. The normalized spacial score (nSPS) is 25.8. The molecule has 0 bridgehead atoms. The number of carbonyl (C=O) groups is 1. The van der Waals surface area contributed by atoms with Gasteiger partial charge in [0, 0.05) is 12.6 Å². The third kappa shape index (κ3) is 4.46. The van der Waals surface area contributed by atoms with Gasteiger partial charge in [-0.15, -0.1) is 0 Å². The van der Waals surface area contributed by atoms with Gasteiger partial charge < -0.3 is 16.0 Å². The van der Waals surface area contributed by atoms with Crippen molar-refractivity contribution in [1.29, 1.82) is 0 Å². The third-order valence-electron chi connectivity index (χ3n) is 4.57. The number of piperidine rings is 1. The number of likely N-dealkylation sites (N-methyl/N-ethyl adjacent to an activating group) is 1. The number of nitrogens with zero attached hydrogens (tertiary/aromatic N) is 1. The maximum atomic E-state index is 11.7. The molecule has 3 atom stereocenters. The number of likely N-dealkylation sites (tertiary alicyclic amines) is 1. The molecule has 0 aromatic carbocycles. The van der Waals surface area contributed by atoms with Crippen LogP contribution < -0.4 is 11.1 Å². The molecule has 0 radical (unpaired) electrons. The Balaban J connectivity index is 2.61. The number of amides is 1. The maximum absolute atomic E-state index is 11.7. The van der Waals surface area contributed by atoms with Gasteiger partial charge in [-0.2, -0.15) is 0 Å². The SMILES string of the molecule is CCNC(C)(CC(C)N1CCCC(CC)C1)C(N)=O. The van der Waals surface area contributed by atoms with Crippen molar-refractivity contribution in [2.24, 2.45) is 11.7 Å². The molecule has 1 aliphatic heterocycles. The monoisotopic (exact) mass is 269 g/mol. The highest BCUT2D eigenvalue weighted by Gasteiger charge is 2.34. The van der Waals surface area contributed by atoms with E-state index in [0.29, 0.717) is 6.04 Å². The Morgan fingerprint density at radius 2 is 2.21 bits per heavy atom. The summed E-state index contributed by atoms with van der Waals surface area (Å²) in [6.45, 7) is 11.5. The van der Waals surface area contributed by atoms with E-state index in [1.54, 1.807) is 0 Å². The number of primary amides is 1. The average Bonchev–Trinajstić information content (AvgIpc) is 2.38. The Morgan fingerprint density at radius 1 is 1.53 bits per heavy atom. The van der Waals surface area contributed by atoms with Gasteiger partial charge >= 0.3 is 0 Å². The summed E-state index contributed by atoms with van der Waals surface area (Å²) in [5.74, 6) is 0.570. The molecule has 1 aliphatic rings. The number of hydrogen-bond donors (Lipinski definition) is 2. The second kappa shape index (κ2) is 7.25. The Kier molecular flexibility index (Phi) is 6.27. The molecule has 0 saturated carbocycles. The number of nitrogens with one attached hydrogen (secondary N) is 1. The van der Waals surface area contributed by atoms with Gasteiger partial charge in [-0.05, 0) is 52.1 Å². The fraction of sp³-hybridized carbons (Fsp3) is 0.933. The molecule has 1 saturated heterocycles. The average molecular weight is 269 g/mol. The molecule has 19 heavy (non-hydrogen) atoms. The fourth-order valence-corrected chi connectivity index (χ4v) is 3.20. The lowest BCUT2D eigenvalue weighted by atomic mass is 9.89. The molecule has 3 N–H and O–H groups in total. The van der Waals surface area contributed by atoms with Gasteiger partial charge in [0.05, 0.1) is 5.54 Å². The highest BCUT2D eigenvalue weighted by atomic mass is 16.1. The quantitative estimate of drug-likeness (QED) is 0.740. The zero-order valence-electron chi connectivity index (χ0n) is 13.0.